The predicted molar refractivity (Wildman–Crippen MR) is 83.0 cm³/mol. The first-order valence-corrected chi connectivity index (χ1v) is 6.88. The largest absolute Gasteiger partial charge is 0.494 e. The summed E-state index contributed by atoms with van der Waals surface area (Å²) in [6.45, 7) is 5.06. The van der Waals surface area contributed by atoms with Crippen molar-refractivity contribution in [2.24, 2.45) is 0 Å². The number of hydrogen-bond acceptors (Lipinski definition) is 5. The Labute approximate surface area is 125 Å². The molecule has 0 aliphatic heterocycles. The van der Waals surface area contributed by atoms with Gasteiger partial charge in [-0.3, -0.25) is 9.69 Å². The molecule has 0 saturated heterocycles. The zero-order chi connectivity index (χ0) is 15.8. The Hall–Kier alpha value is -2.26. The minimum atomic E-state index is -0.328. The van der Waals surface area contributed by atoms with Crippen LogP contribution in [0.5, 0.6) is 5.75 Å². The molecule has 0 aliphatic rings. The summed E-state index contributed by atoms with van der Waals surface area (Å²) in [6, 6.07) is 6.84. The van der Waals surface area contributed by atoms with E-state index >= 15 is 0 Å². The van der Waals surface area contributed by atoms with Gasteiger partial charge in [0.25, 0.3) is 0 Å². The number of hydrogen-bond donors (Lipinski definition) is 2. The molecular weight excluding hydrogens is 268 g/mol. The maximum absolute atomic E-state index is 12.3. The molecule has 1 aromatic rings. The van der Waals surface area contributed by atoms with E-state index in [1.54, 1.807) is 18.2 Å². The highest BCUT2D eigenvalue weighted by Crippen LogP contribution is 2.26. The normalized spacial score (nSPS) is 11.8. The third-order valence-corrected chi connectivity index (χ3v) is 3.33. The standard InChI is InChI=1S/C15H22N4O2/c1-4-19(9-5-8-16)11(2)15(20)18-13-7-6-12(17)10-14(13)21-3/h6-7,10-11H,4-5,9,17H2,1-3H3,(H,18,20). The molecule has 3 N–H and O–H groups in total. The summed E-state index contributed by atoms with van der Waals surface area (Å²) in [7, 11) is 1.53. The molecule has 0 aliphatic carbocycles. The molecule has 0 heterocycles. The summed E-state index contributed by atoms with van der Waals surface area (Å²) in [4.78, 5) is 14.3. The van der Waals surface area contributed by atoms with E-state index in [0.29, 0.717) is 36.6 Å². The van der Waals surface area contributed by atoms with Gasteiger partial charge < -0.3 is 15.8 Å². The number of nitrogen functional groups attached to an aromatic ring is 1. The summed E-state index contributed by atoms with van der Waals surface area (Å²) < 4.78 is 5.21. The Kier molecular flexibility index (Phi) is 6.50. The number of anilines is 2. The first kappa shape index (κ1) is 16.8. The molecule has 1 atom stereocenters. The van der Waals surface area contributed by atoms with Gasteiger partial charge in [0.1, 0.15) is 5.75 Å². The smallest absolute Gasteiger partial charge is 0.241 e. The SMILES string of the molecule is CCN(CCC#N)C(C)C(=O)Nc1ccc(N)cc1OC. The van der Waals surface area contributed by atoms with Crippen molar-refractivity contribution in [2.45, 2.75) is 26.3 Å². The minimum absolute atomic E-state index is 0.141. The molecule has 0 spiro atoms. The summed E-state index contributed by atoms with van der Waals surface area (Å²) in [6.07, 6.45) is 0.399. The monoisotopic (exact) mass is 290 g/mol. The molecule has 114 valence electrons. The van der Waals surface area contributed by atoms with E-state index in [-0.39, 0.29) is 11.9 Å². The second-order valence-corrected chi connectivity index (χ2v) is 4.66. The number of rotatable bonds is 7. The molecule has 0 bridgehead atoms. The number of nitriles is 1. The Morgan fingerprint density at radius 3 is 2.86 bits per heavy atom. The minimum Gasteiger partial charge on any atom is -0.494 e. The zero-order valence-electron chi connectivity index (χ0n) is 12.7. The quantitative estimate of drug-likeness (QED) is 0.748. The predicted octanol–water partition coefficient (Wildman–Crippen LogP) is 1.84. The number of likely N-dealkylation sites (N-methyl/N-ethyl adjacent to an activating group) is 1. The van der Waals surface area contributed by atoms with Crippen molar-refractivity contribution >= 4 is 17.3 Å². The van der Waals surface area contributed by atoms with Crippen molar-refractivity contribution in [3.8, 4) is 11.8 Å². The summed E-state index contributed by atoms with van der Waals surface area (Å²) in [5.74, 6) is 0.383. The van der Waals surface area contributed by atoms with Gasteiger partial charge in [-0.25, -0.2) is 0 Å². The summed E-state index contributed by atoms with van der Waals surface area (Å²) >= 11 is 0. The van der Waals surface area contributed by atoms with Crippen molar-refractivity contribution in [1.82, 2.24) is 4.90 Å². The van der Waals surface area contributed by atoms with Gasteiger partial charge in [-0.05, 0) is 25.6 Å². The highest BCUT2D eigenvalue weighted by molar-refractivity contribution is 5.96. The van der Waals surface area contributed by atoms with Crippen LogP contribution in [0.4, 0.5) is 11.4 Å². The van der Waals surface area contributed by atoms with Crippen molar-refractivity contribution in [3.63, 3.8) is 0 Å². The van der Waals surface area contributed by atoms with Crippen molar-refractivity contribution in [3.05, 3.63) is 18.2 Å². The molecule has 6 heteroatoms. The number of carbonyl (C=O) groups excluding carboxylic acids is 1. The maximum atomic E-state index is 12.3. The van der Waals surface area contributed by atoms with Crippen molar-refractivity contribution in [2.75, 3.05) is 31.2 Å². The topological polar surface area (TPSA) is 91.4 Å². The van der Waals surface area contributed by atoms with Crippen LogP contribution in [-0.4, -0.2) is 37.0 Å². The second-order valence-electron chi connectivity index (χ2n) is 4.66. The van der Waals surface area contributed by atoms with Crippen LogP contribution < -0.4 is 15.8 Å². The summed E-state index contributed by atoms with van der Waals surface area (Å²) in [5, 5.41) is 11.5. The maximum Gasteiger partial charge on any atom is 0.241 e. The van der Waals surface area contributed by atoms with Crippen LogP contribution in [-0.2, 0) is 4.79 Å². The van der Waals surface area contributed by atoms with Crippen LogP contribution in [0.3, 0.4) is 0 Å². The van der Waals surface area contributed by atoms with E-state index in [4.69, 9.17) is 15.7 Å². The number of ether oxygens (including phenoxy) is 1. The fourth-order valence-electron chi connectivity index (χ4n) is 2.03. The highest BCUT2D eigenvalue weighted by Gasteiger charge is 2.20. The lowest BCUT2D eigenvalue weighted by molar-refractivity contribution is -0.120. The van der Waals surface area contributed by atoms with E-state index in [9.17, 15) is 4.79 Å². The highest BCUT2D eigenvalue weighted by atomic mass is 16.5. The molecule has 21 heavy (non-hydrogen) atoms. The number of nitrogens with one attached hydrogen (secondary N) is 1. The van der Waals surface area contributed by atoms with Crippen LogP contribution >= 0.6 is 0 Å². The first-order valence-electron chi connectivity index (χ1n) is 6.88. The lowest BCUT2D eigenvalue weighted by atomic mass is 10.2. The average molecular weight is 290 g/mol. The Balaban J connectivity index is 2.78. The van der Waals surface area contributed by atoms with Gasteiger partial charge >= 0.3 is 0 Å². The van der Waals surface area contributed by atoms with Crippen LogP contribution in [0.15, 0.2) is 18.2 Å². The second kappa shape index (κ2) is 8.12. The lowest BCUT2D eigenvalue weighted by Crippen LogP contribution is -2.42. The van der Waals surface area contributed by atoms with Gasteiger partial charge in [0.15, 0.2) is 0 Å². The van der Waals surface area contributed by atoms with E-state index < -0.39 is 0 Å². The van der Waals surface area contributed by atoms with Gasteiger partial charge in [0.2, 0.25) is 5.91 Å². The van der Waals surface area contributed by atoms with Crippen LogP contribution in [0.25, 0.3) is 0 Å². The van der Waals surface area contributed by atoms with Crippen LogP contribution in [0.2, 0.25) is 0 Å². The van der Waals surface area contributed by atoms with Crippen molar-refractivity contribution in [1.29, 1.82) is 5.26 Å². The number of amides is 1. The molecule has 1 unspecified atom stereocenters. The number of benzene rings is 1. The van der Waals surface area contributed by atoms with Crippen LogP contribution in [0, 0.1) is 11.3 Å². The third kappa shape index (κ3) is 4.65. The Morgan fingerprint density at radius 1 is 1.57 bits per heavy atom. The fraction of sp³-hybridized carbons (Fsp3) is 0.467. The molecule has 0 radical (unpaired) electrons. The number of nitrogens with zero attached hydrogens (tertiary/aromatic N) is 2. The lowest BCUT2D eigenvalue weighted by Gasteiger charge is -2.26. The molecule has 1 aromatic carbocycles. The van der Waals surface area contributed by atoms with Gasteiger partial charge in [-0.1, -0.05) is 6.92 Å². The first-order chi connectivity index (χ1) is 10.0. The molecule has 6 nitrogen and oxygen atoms in total. The van der Waals surface area contributed by atoms with Gasteiger partial charge in [0, 0.05) is 24.7 Å². The molecule has 1 rings (SSSR count). The Bertz CT molecular complexity index is 525. The number of nitrogens with two attached hydrogens (primary N) is 1. The Morgan fingerprint density at radius 2 is 2.29 bits per heavy atom. The molecule has 0 aromatic heterocycles. The van der Waals surface area contributed by atoms with E-state index in [1.807, 2.05) is 18.7 Å². The number of carbonyl (C=O) groups is 1. The van der Waals surface area contributed by atoms with E-state index in [2.05, 4.69) is 11.4 Å². The zero-order valence-corrected chi connectivity index (χ0v) is 12.7. The van der Waals surface area contributed by atoms with Gasteiger partial charge in [-0.2, -0.15) is 5.26 Å². The van der Waals surface area contributed by atoms with Crippen LogP contribution in [0.1, 0.15) is 20.3 Å². The molecular formula is C15H22N4O2. The van der Waals surface area contributed by atoms with Gasteiger partial charge in [0.05, 0.1) is 24.9 Å². The van der Waals surface area contributed by atoms with Gasteiger partial charge in [-0.15, -0.1) is 0 Å². The average Bonchev–Trinajstić information content (AvgIpc) is 2.49. The summed E-state index contributed by atoms with van der Waals surface area (Å²) in [5.41, 5.74) is 6.84. The van der Waals surface area contributed by atoms with E-state index in [1.165, 1.54) is 7.11 Å². The molecule has 1 amide bonds. The van der Waals surface area contributed by atoms with Crippen molar-refractivity contribution < 1.29 is 9.53 Å². The molecule has 0 saturated carbocycles. The fourth-order valence-corrected chi connectivity index (χ4v) is 2.03. The third-order valence-electron chi connectivity index (χ3n) is 3.33. The van der Waals surface area contributed by atoms with E-state index in [0.717, 1.165) is 0 Å². The molecule has 0 fully saturated rings. The number of methoxy groups -OCH3 is 1.